The molecule has 102 valence electrons. The summed E-state index contributed by atoms with van der Waals surface area (Å²) < 4.78 is 5.47. The Kier molecular flexibility index (Phi) is 6.01. The van der Waals surface area contributed by atoms with Gasteiger partial charge in [-0.15, -0.1) is 23.7 Å². The number of halogens is 1. The highest BCUT2D eigenvalue weighted by Crippen LogP contribution is 2.21. The molecule has 1 aromatic rings. The van der Waals surface area contributed by atoms with E-state index in [1.165, 1.54) is 11.3 Å². The number of hydrogen-bond donors (Lipinski definition) is 2. The lowest BCUT2D eigenvalue weighted by Crippen LogP contribution is -2.40. The highest BCUT2D eigenvalue weighted by atomic mass is 35.5. The maximum atomic E-state index is 11.7. The van der Waals surface area contributed by atoms with Gasteiger partial charge in [0.1, 0.15) is 0 Å². The molecule has 1 aliphatic heterocycles. The van der Waals surface area contributed by atoms with Crippen LogP contribution in [0.3, 0.4) is 0 Å². The molecule has 2 rings (SSSR count). The van der Waals surface area contributed by atoms with Crippen LogP contribution in [-0.4, -0.2) is 36.7 Å². The van der Waals surface area contributed by atoms with Crippen LogP contribution >= 0.6 is 23.7 Å². The zero-order valence-corrected chi connectivity index (χ0v) is 12.1. The van der Waals surface area contributed by atoms with Crippen LogP contribution in [0.4, 0.5) is 5.13 Å². The van der Waals surface area contributed by atoms with Crippen LogP contribution in [0.25, 0.3) is 0 Å². The number of rotatable bonds is 3. The summed E-state index contributed by atoms with van der Waals surface area (Å²) in [7, 11) is 0. The van der Waals surface area contributed by atoms with Gasteiger partial charge in [0.2, 0.25) is 5.91 Å². The summed E-state index contributed by atoms with van der Waals surface area (Å²) in [6.45, 7) is 6.21. The molecule has 0 aliphatic carbocycles. The Morgan fingerprint density at radius 2 is 2.39 bits per heavy atom. The molecule has 7 heteroatoms. The first kappa shape index (κ1) is 15.4. The van der Waals surface area contributed by atoms with E-state index in [0.717, 1.165) is 23.7 Å². The van der Waals surface area contributed by atoms with Crippen LogP contribution in [0.5, 0.6) is 0 Å². The number of nitrogens with one attached hydrogen (secondary N) is 2. The molecular weight excluding hydrogens is 274 g/mol. The van der Waals surface area contributed by atoms with Gasteiger partial charge in [-0.25, -0.2) is 4.98 Å². The summed E-state index contributed by atoms with van der Waals surface area (Å²) in [6, 6.07) is 0. The maximum absolute atomic E-state index is 11.7. The van der Waals surface area contributed by atoms with Crippen molar-refractivity contribution in [3.8, 4) is 0 Å². The minimum absolute atomic E-state index is 0. The summed E-state index contributed by atoms with van der Waals surface area (Å²) in [6.07, 6.45) is 0.357. The van der Waals surface area contributed by atoms with Crippen LogP contribution < -0.4 is 10.6 Å². The molecule has 1 fully saturated rings. The molecule has 1 aliphatic rings. The highest BCUT2D eigenvalue weighted by Gasteiger charge is 2.18. The number of ether oxygens (including phenoxy) is 1. The molecule has 1 aromatic heterocycles. The molecule has 2 N–H and O–H groups in total. The zero-order valence-electron chi connectivity index (χ0n) is 10.5. The summed E-state index contributed by atoms with van der Waals surface area (Å²) in [5.41, 5.74) is 0.973. The van der Waals surface area contributed by atoms with E-state index in [0.29, 0.717) is 18.2 Å². The van der Waals surface area contributed by atoms with Crippen molar-refractivity contribution in [2.75, 3.05) is 25.0 Å². The van der Waals surface area contributed by atoms with Gasteiger partial charge in [0.15, 0.2) is 5.13 Å². The minimum atomic E-state index is -0.0348. The first-order valence-corrected chi connectivity index (χ1v) is 6.53. The van der Waals surface area contributed by atoms with Gasteiger partial charge in [0.25, 0.3) is 0 Å². The van der Waals surface area contributed by atoms with E-state index >= 15 is 0 Å². The number of hydrogen-bond acceptors (Lipinski definition) is 5. The van der Waals surface area contributed by atoms with Crippen LogP contribution in [0.2, 0.25) is 0 Å². The molecule has 18 heavy (non-hydrogen) atoms. The summed E-state index contributed by atoms with van der Waals surface area (Å²) >= 11 is 1.51. The molecule has 0 saturated carbocycles. The van der Waals surface area contributed by atoms with Crippen LogP contribution in [-0.2, 0) is 9.53 Å². The van der Waals surface area contributed by atoms with Gasteiger partial charge >= 0.3 is 0 Å². The third-order valence-electron chi connectivity index (χ3n) is 2.69. The summed E-state index contributed by atoms with van der Waals surface area (Å²) in [5.74, 6) is -0.0348. The van der Waals surface area contributed by atoms with Gasteiger partial charge in [0.05, 0.1) is 24.8 Å². The quantitative estimate of drug-likeness (QED) is 0.886. The molecular formula is C11H18ClN3O2S. The van der Waals surface area contributed by atoms with Crippen molar-refractivity contribution in [2.24, 2.45) is 0 Å². The third kappa shape index (κ3) is 4.20. The van der Waals surface area contributed by atoms with Crippen molar-refractivity contribution in [1.29, 1.82) is 0 Å². The van der Waals surface area contributed by atoms with Crippen molar-refractivity contribution in [3.05, 3.63) is 10.6 Å². The molecule has 0 bridgehead atoms. The van der Waals surface area contributed by atoms with Crippen molar-refractivity contribution in [1.82, 2.24) is 10.3 Å². The normalized spacial score (nSPS) is 19.1. The van der Waals surface area contributed by atoms with Crippen LogP contribution in [0.15, 0.2) is 0 Å². The highest BCUT2D eigenvalue weighted by molar-refractivity contribution is 7.15. The molecule has 1 atom stereocenters. The van der Waals surface area contributed by atoms with Crippen LogP contribution in [0.1, 0.15) is 17.0 Å². The largest absolute Gasteiger partial charge is 0.375 e. The molecule has 5 nitrogen and oxygen atoms in total. The fourth-order valence-electron chi connectivity index (χ4n) is 1.65. The molecule has 0 spiro atoms. The monoisotopic (exact) mass is 291 g/mol. The Balaban J connectivity index is 0.00000162. The number of amides is 1. The first-order valence-electron chi connectivity index (χ1n) is 5.71. The van der Waals surface area contributed by atoms with E-state index in [1.807, 2.05) is 13.8 Å². The van der Waals surface area contributed by atoms with Gasteiger partial charge in [-0.1, -0.05) is 0 Å². The van der Waals surface area contributed by atoms with Crippen LogP contribution in [0, 0.1) is 13.8 Å². The number of carbonyl (C=O) groups is 1. The van der Waals surface area contributed by atoms with Gasteiger partial charge in [-0.05, 0) is 13.8 Å². The lowest BCUT2D eigenvalue weighted by Gasteiger charge is -2.22. The average molecular weight is 292 g/mol. The van der Waals surface area contributed by atoms with Gasteiger partial charge in [-0.2, -0.15) is 0 Å². The minimum Gasteiger partial charge on any atom is -0.375 e. The van der Waals surface area contributed by atoms with E-state index in [-0.39, 0.29) is 24.4 Å². The van der Waals surface area contributed by atoms with E-state index in [9.17, 15) is 4.79 Å². The topological polar surface area (TPSA) is 63.2 Å². The number of morpholine rings is 1. The molecule has 1 amide bonds. The first-order chi connectivity index (χ1) is 8.15. The van der Waals surface area contributed by atoms with E-state index < -0.39 is 0 Å². The molecule has 1 unspecified atom stereocenters. The smallest absolute Gasteiger partial charge is 0.228 e. The van der Waals surface area contributed by atoms with E-state index in [4.69, 9.17) is 4.74 Å². The lowest BCUT2D eigenvalue weighted by molar-refractivity contribution is -0.119. The van der Waals surface area contributed by atoms with Gasteiger partial charge in [0, 0.05) is 18.0 Å². The second-order valence-electron chi connectivity index (χ2n) is 4.11. The van der Waals surface area contributed by atoms with Crippen molar-refractivity contribution in [2.45, 2.75) is 26.4 Å². The number of aromatic nitrogens is 1. The van der Waals surface area contributed by atoms with Gasteiger partial charge in [-0.3, -0.25) is 4.79 Å². The maximum Gasteiger partial charge on any atom is 0.228 e. The Morgan fingerprint density at radius 1 is 1.61 bits per heavy atom. The predicted octanol–water partition coefficient (Wildman–Crippen LogP) is 1.50. The Bertz CT molecular complexity index is 385. The lowest BCUT2D eigenvalue weighted by atomic mass is 10.2. The number of carbonyl (C=O) groups excluding carboxylic acids is 1. The summed E-state index contributed by atoms with van der Waals surface area (Å²) in [5, 5.41) is 6.69. The number of thiazole rings is 1. The third-order valence-corrected chi connectivity index (χ3v) is 3.68. The van der Waals surface area contributed by atoms with E-state index in [1.54, 1.807) is 0 Å². The summed E-state index contributed by atoms with van der Waals surface area (Å²) in [4.78, 5) is 17.2. The molecule has 0 radical (unpaired) electrons. The number of aryl methyl sites for hydroxylation is 2. The predicted molar refractivity (Wildman–Crippen MR) is 74.7 cm³/mol. The Hall–Kier alpha value is -0.690. The van der Waals surface area contributed by atoms with E-state index in [2.05, 4.69) is 15.6 Å². The Labute approximate surface area is 117 Å². The average Bonchev–Trinajstić information content (AvgIpc) is 2.59. The number of nitrogens with zero attached hydrogens (tertiary/aromatic N) is 1. The standard InChI is InChI=1S/C11H17N3O2S.ClH/c1-7-8(2)17-11(13-7)14-10(15)5-9-6-12-3-4-16-9;/h9,12H,3-6H2,1-2H3,(H,13,14,15);1H. The zero-order chi connectivity index (χ0) is 12.3. The fourth-order valence-corrected chi connectivity index (χ4v) is 2.48. The van der Waals surface area contributed by atoms with Gasteiger partial charge < -0.3 is 15.4 Å². The molecule has 2 heterocycles. The van der Waals surface area contributed by atoms with Crippen molar-refractivity contribution >= 4 is 34.8 Å². The second kappa shape index (κ2) is 7.04. The second-order valence-corrected chi connectivity index (χ2v) is 5.31. The molecule has 1 saturated heterocycles. The SMILES string of the molecule is Cc1nc(NC(=O)CC2CNCCO2)sc1C.Cl. The number of anilines is 1. The van der Waals surface area contributed by atoms with Crippen molar-refractivity contribution < 1.29 is 9.53 Å². The molecule has 0 aromatic carbocycles. The Morgan fingerprint density at radius 3 is 2.94 bits per heavy atom. The van der Waals surface area contributed by atoms with Crippen molar-refractivity contribution in [3.63, 3.8) is 0 Å². The fraction of sp³-hybridized carbons (Fsp3) is 0.636.